The van der Waals surface area contributed by atoms with Gasteiger partial charge >= 0.3 is 0 Å². The normalized spacial score (nSPS) is 10.8. The zero-order valence-corrected chi connectivity index (χ0v) is 8.34. The number of aryl methyl sites for hydroxylation is 1. The zero-order valence-electron chi connectivity index (χ0n) is 8.34. The first kappa shape index (κ1) is 10.5. The van der Waals surface area contributed by atoms with Gasteiger partial charge in [0.05, 0.1) is 5.69 Å². The molecule has 0 unspecified atom stereocenters. The van der Waals surface area contributed by atoms with Gasteiger partial charge in [-0.1, -0.05) is 0 Å². The molecule has 0 bridgehead atoms. The van der Waals surface area contributed by atoms with Crippen LogP contribution in [0.1, 0.15) is 0 Å². The van der Waals surface area contributed by atoms with Gasteiger partial charge in [0.25, 0.3) is 0 Å². The molecule has 1 heterocycles. The Morgan fingerprint density at radius 2 is 1.69 bits per heavy atom. The summed E-state index contributed by atoms with van der Waals surface area (Å²) in [4.78, 5) is 0. The van der Waals surface area contributed by atoms with Crippen LogP contribution in [0.5, 0.6) is 0 Å². The van der Waals surface area contributed by atoms with E-state index in [0.29, 0.717) is 5.82 Å². The van der Waals surface area contributed by atoms with Crippen LogP contribution in [0.4, 0.5) is 19.0 Å². The second-order valence-corrected chi connectivity index (χ2v) is 3.33. The molecule has 84 valence electrons. The van der Waals surface area contributed by atoms with Crippen LogP contribution in [0.2, 0.25) is 0 Å². The van der Waals surface area contributed by atoms with Gasteiger partial charge in [-0.3, -0.25) is 4.68 Å². The number of aromatic nitrogens is 2. The molecule has 16 heavy (non-hydrogen) atoms. The summed E-state index contributed by atoms with van der Waals surface area (Å²) in [6.45, 7) is 0. The van der Waals surface area contributed by atoms with E-state index in [4.69, 9.17) is 5.73 Å². The molecule has 0 atom stereocenters. The number of benzene rings is 1. The highest BCUT2D eigenvalue weighted by atomic mass is 19.2. The van der Waals surface area contributed by atoms with Gasteiger partial charge in [0.1, 0.15) is 5.82 Å². The predicted molar refractivity (Wildman–Crippen MR) is 52.9 cm³/mol. The first-order chi connectivity index (χ1) is 7.49. The van der Waals surface area contributed by atoms with E-state index in [1.54, 1.807) is 7.05 Å². The van der Waals surface area contributed by atoms with Gasteiger partial charge in [-0.05, 0) is 12.1 Å². The summed E-state index contributed by atoms with van der Waals surface area (Å²) in [7, 11) is 1.59. The molecule has 0 spiro atoms. The van der Waals surface area contributed by atoms with Crippen LogP contribution in [0.25, 0.3) is 11.3 Å². The molecule has 2 aromatic rings. The first-order valence-electron chi connectivity index (χ1n) is 4.43. The van der Waals surface area contributed by atoms with Gasteiger partial charge in [-0.2, -0.15) is 5.10 Å². The minimum Gasteiger partial charge on any atom is -0.384 e. The largest absolute Gasteiger partial charge is 0.384 e. The third-order valence-corrected chi connectivity index (χ3v) is 2.20. The van der Waals surface area contributed by atoms with Gasteiger partial charge in [-0.25, -0.2) is 13.2 Å². The van der Waals surface area contributed by atoms with Gasteiger partial charge in [0, 0.05) is 18.7 Å². The van der Waals surface area contributed by atoms with E-state index in [1.807, 2.05) is 0 Å². The van der Waals surface area contributed by atoms with E-state index < -0.39 is 17.5 Å². The van der Waals surface area contributed by atoms with Crippen molar-refractivity contribution in [3.63, 3.8) is 0 Å². The molecular formula is C10H8F3N3. The number of nitrogen functional groups attached to an aromatic ring is 1. The number of nitrogens with two attached hydrogens (primary N) is 1. The van der Waals surface area contributed by atoms with E-state index in [-0.39, 0.29) is 11.3 Å². The number of hydrogen-bond donors (Lipinski definition) is 1. The van der Waals surface area contributed by atoms with Crippen molar-refractivity contribution in [3.05, 3.63) is 35.7 Å². The fourth-order valence-corrected chi connectivity index (χ4v) is 1.33. The van der Waals surface area contributed by atoms with Crippen molar-refractivity contribution in [3.8, 4) is 11.3 Å². The second kappa shape index (κ2) is 3.55. The highest BCUT2D eigenvalue weighted by Crippen LogP contribution is 2.23. The van der Waals surface area contributed by atoms with Crippen LogP contribution >= 0.6 is 0 Å². The van der Waals surface area contributed by atoms with Crippen LogP contribution in [0, 0.1) is 17.5 Å². The average Bonchev–Trinajstić information content (AvgIpc) is 2.55. The molecule has 0 radical (unpaired) electrons. The summed E-state index contributed by atoms with van der Waals surface area (Å²) in [6, 6.07) is 3.20. The van der Waals surface area contributed by atoms with Gasteiger partial charge in [-0.15, -0.1) is 0 Å². The quantitative estimate of drug-likeness (QED) is 0.758. The molecule has 3 nitrogen and oxygen atoms in total. The SMILES string of the molecule is Cn1nc(-c2cc(F)c(F)c(F)c2)cc1N. The molecule has 0 fully saturated rings. The molecule has 0 amide bonds. The van der Waals surface area contributed by atoms with Crippen molar-refractivity contribution in [2.45, 2.75) is 0 Å². The molecular weight excluding hydrogens is 219 g/mol. The van der Waals surface area contributed by atoms with Crippen molar-refractivity contribution < 1.29 is 13.2 Å². The minimum atomic E-state index is -1.49. The number of hydrogen-bond acceptors (Lipinski definition) is 2. The third-order valence-electron chi connectivity index (χ3n) is 2.20. The lowest BCUT2D eigenvalue weighted by atomic mass is 10.1. The maximum absolute atomic E-state index is 13.0. The molecule has 2 N–H and O–H groups in total. The molecule has 0 aliphatic rings. The second-order valence-electron chi connectivity index (χ2n) is 3.33. The molecule has 1 aromatic carbocycles. The fraction of sp³-hybridized carbons (Fsp3) is 0.100. The molecule has 0 saturated heterocycles. The Balaban J connectivity index is 2.56. The van der Waals surface area contributed by atoms with Crippen LogP contribution in [0.15, 0.2) is 18.2 Å². The maximum atomic E-state index is 13.0. The van der Waals surface area contributed by atoms with Crippen LogP contribution in [-0.4, -0.2) is 9.78 Å². The number of rotatable bonds is 1. The third kappa shape index (κ3) is 1.62. The van der Waals surface area contributed by atoms with Crippen LogP contribution in [0.3, 0.4) is 0 Å². The van der Waals surface area contributed by atoms with E-state index in [0.717, 1.165) is 12.1 Å². The smallest absolute Gasteiger partial charge is 0.194 e. The van der Waals surface area contributed by atoms with Crippen molar-refractivity contribution in [1.82, 2.24) is 9.78 Å². The summed E-state index contributed by atoms with van der Waals surface area (Å²) in [5, 5.41) is 3.93. The van der Waals surface area contributed by atoms with E-state index in [1.165, 1.54) is 10.7 Å². The number of halogens is 3. The molecule has 6 heteroatoms. The lowest BCUT2D eigenvalue weighted by molar-refractivity contribution is 0.447. The molecule has 0 aliphatic carbocycles. The van der Waals surface area contributed by atoms with Crippen molar-refractivity contribution in [2.24, 2.45) is 7.05 Å². The van der Waals surface area contributed by atoms with Gasteiger partial charge < -0.3 is 5.73 Å². The highest BCUT2D eigenvalue weighted by molar-refractivity contribution is 5.62. The van der Waals surface area contributed by atoms with Gasteiger partial charge in [0.15, 0.2) is 17.5 Å². The number of anilines is 1. The Morgan fingerprint density at radius 3 is 2.12 bits per heavy atom. The zero-order chi connectivity index (χ0) is 11.9. The number of nitrogens with zero attached hydrogens (tertiary/aromatic N) is 2. The summed E-state index contributed by atoms with van der Waals surface area (Å²) in [6.07, 6.45) is 0. The summed E-state index contributed by atoms with van der Waals surface area (Å²) >= 11 is 0. The predicted octanol–water partition coefficient (Wildman–Crippen LogP) is 2.09. The molecule has 2 rings (SSSR count). The molecule has 1 aromatic heterocycles. The lowest BCUT2D eigenvalue weighted by Gasteiger charge is -1.99. The Bertz CT molecular complexity index is 506. The molecule has 0 saturated carbocycles. The fourth-order valence-electron chi connectivity index (χ4n) is 1.33. The summed E-state index contributed by atoms with van der Waals surface area (Å²) in [5.41, 5.74) is 5.95. The highest BCUT2D eigenvalue weighted by Gasteiger charge is 2.13. The van der Waals surface area contributed by atoms with Crippen molar-refractivity contribution in [2.75, 3.05) is 5.73 Å². The Hall–Kier alpha value is -1.98. The summed E-state index contributed by atoms with van der Waals surface area (Å²) in [5.74, 6) is -3.65. The first-order valence-corrected chi connectivity index (χ1v) is 4.43. The topological polar surface area (TPSA) is 43.8 Å². The van der Waals surface area contributed by atoms with Crippen molar-refractivity contribution >= 4 is 5.82 Å². The van der Waals surface area contributed by atoms with Crippen LogP contribution < -0.4 is 5.73 Å². The maximum Gasteiger partial charge on any atom is 0.194 e. The molecule has 0 aliphatic heterocycles. The Labute approximate surface area is 89.3 Å². The van der Waals surface area contributed by atoms with E-state index in [9.17, 15) is 13.2 Å². The monoisotopic (exact) mass is 227 g/mol. The Kier molecular flexibility index (Phi) is 2.34. The van der Waals surface area contributed by atoms with Crippen LogP contribution in [-0.2, 0) is 7.05 Å². The van der Waals surface area contributed by atoms with Crippen molar-refractivity contribution in [1.29, 1.82) is 0 Å². The minimum absolute atomic E-state index is 0.142. The van der Waals surface area contributed by atoms with E-state index >= 15 is 0 Å². The summed E-state index contributed by atoms with van der Waals surface area (Å²) < 4.78 is 40.0. The van der Waals surface area contributed by atoms with E-state index in [2.05, 4.69) is 5.10 Å². The van der Waals surface area contributed by atoms with Gasteiger partial charge in [0.2, 0.25) is 0 Å². The lowest BCUT2D eigenvalue weighted by Crippen LogP contribution is -1.97. The Morgan fingerprint density at radius 1 is 1.12 bits per heavy atom. The standard InChI is InChI=1S/C10H8F3N3/c1-16-9(14)4-8(15-16)5-2-6(11)10(13)7(12)3-5/h2-4H,14H2,1H3. The average molecular weight is 227 g/mol.